The zero-order valence-electron chi connectivity index (χ0n) is 13.6. The molecule has 1 unspecified atom stereocenters. The molecule has 24 heavy (non-hydrogen) atoms. The van der Waals surface area contributed by atoms with Crippen LogP contribution in [-0.4, -0.2) is 27.0 Å². The molecule has 5 heteroatoms. The van der Waals surface area contributed by atoms with Gasteiger partial charge in [-0.1, -0.05) is 36.4 Å². The lowest BCUT2D eigenvalue weighted by Crippen LogP contribution is -2.29. The van der Waals surface area contributed by atoms with Gasteiger partial charge in [-0.25, -0.2) is 4.98 Å². The monoisotopic (exact) mass is 323 g/mol. The van der Waals surface area contributed by atoms with Crippen molar-refractivity contribution >= 4 is 11.6 Å². The lowest BCUT2D eigenvalue weighted by Gasteiger charge is -2.19. The van der Waals surface area contributed by atoms with Crippen LogP contribution in [0.5, 0.6) is 0 Å². The number of aliphatic hydroxyl groups excluding tert-OH is 1. The Labute approximate surface area is 141 Å². The van der Waals surface area contributed by atoms with Gasteiger partial charge in [0.2, 0.25) is 0 Å². The number of carbonyl (C=O) groups excluding carboxylic acids is 1. The summed E-state index contributed by atoms with van der Waals surface area (Å²) in [5.74, 6) is -0.167. The Hall–Kier alpha value is -2.66. The van der Waals surface area contributed by atoms with Gasteiger partial charge in [-0.2, -0.15) is 0 Å². The molecule has 2 heterocycles. The Morgan fingerprint density at radius 3 is 2.79 bits per heavy atom. The summed E-state index contributed by atoms with van der Waals surface area (Å²) >= 11 is 0. The van der Waals surface area contributed by atoms with Crippen LogP contribution in [0, 0.1) is 6.92 Å². The number of carbonyl (C=O) groups is 1. The largest absolute Gasteiger partial charge is 0.396 e. The second-order valence-corrected chi connectivity index (χ2v) is 5.88. The number of aryl methyl sites for hydroxylation is 1. The van der Waals surface area contributed by atoms with Crippen molar-refractivity contribution in [2.24, 2.45) is 0 Å². The second kappa shape index (κ2) is 7.27. The number of hydrogen-bond acceptors (Lipinski definition) is 3. The first-order valence-corrected chi connectivity index (χ1v) is 8.09. The van der Waals surface area contributed by atoms with Crippen LogP contribution in [0.3, 0.4) is 0 Å². The van der Waals surface area contributed by atoms with Gasteiger partial charge in [0.15, 0.2) is 0 Å². The molecule has 0 fully saturated rings. The predicted octanol–water partition coefficient (Wildman–Crippen LogP) is 2.89. The summed E-state index contributed by atoms with van der Waals surface area (Å²) in [7, 11) is 0. The number of rotatable bonds is 6. The van der Waals surface area contributed by atoms with Crippen molar-refractivity contribution in [2.75, 3.05) is 6.61 Å². The van der Waals surface area contributed by atoms with E-state index in [-0.39, 0.29) is 18.6 Å². The van der Waals surface area contributed by atoms with E-state index < -0.39 is 0 Å². The van der Waals surface area contributed by atoms with Crippen molar-refractivity contribution in [3.05, 3.63) is 71.7 Å². The van der Waals surface area contributed by atoms with E-state index in [1.807, 2.05) is 55.6 Å². The molecule has 1 atom stereocenters. The molecule has 0 saturated heterocycles. The minimum Gasteiger partial charge on any atom is -0.396 e. The van der Waals surface area contributed by atoms with Gasteiger partial charge in [0.05, 0.1) is 12.2 Å². The van der Waals surface area contributed by atoms with Crippen molar-refractivity contribution < 1.29 is 9.90 Å². The molecule has 0 radical (unpaired) electrons. The minimum absolute atomic E-state index is 0.105. The normalized spacial score (nSPS) is 12.2. The minimum atomic E-state index is -0.167. The molecular formula is C19H21N3O2. The lowest BCUT2D eigenvalue weighted by molar-refractivity contribution is 0.0926. The summed E-state index contributed by atoms with van der Waals surface area (Å²) in [5, 5.41) is 12.2. The fraction of sp³-hybridized carbons (Fsp3) is 0.263. The number of pyridine rings is 1. The van der Waals surface area contributed by atoms with Gasteiger partial charge in [0.25, 0.3) is 5.91 Å². The van der Waals surface area contributed by atoms with Crippen molar-refractivity contribution in [3.63, 3.8) is 0 Å². The van der Waals surface area contributed by atoms with E-state index >= 15 is 0 Å². The van der Waals surface area contributed by atoms with E-state index in [0.717, 1.165) is 16.8 Å². The first kappa shape index (κ1) is 16.2. The molecule has 0 aliphatic rings. The number of amides is 1. The lowest BCUT2D eigenvalue weighted by atomic mass is 10.0. The number of hydrogen-bond donors (Lipinski definition) is 2. The molecule has 0 bridgehead atoms. The van der Waals surface area contributed by atoms with Crippen LogP contribution >= 0.6 is 0 Å². The van der Waals surface area contributed by atoms with Gasteiger partial charge >= 0.3 is 0 Å². The third-order valence-corrected chi connectivity index (χ3v) is 4.04. The van der Waals surface area contributed by atoms with Crippen molar-refractivity contribution in [1.29, 1.82) is 0 Å². The van der Waals surface area contributed by atoms with Crippen molar-refractivity contribution in [2.45, 2.75) is 25.8 Å². The van der Waals surface area contributed by atoms with Crippen LogP contribution in [0.1, 0.15) is 40.5 Å². The Morgan fingerprint density at radius 2 is 2.04 bits per heavy atom. The fourth-order valence-corrected chi connectivity index (χ4v) is 2.79. The van der Waals surface area contributed by atoms with Crippen LogP contribution < -0.4 is 5.32 Å². The fourth-order valence-electron chi connectivity index (χ4n) is 2.79. The quantitative estimate of drug-likeness (QED) is 0.733. The van der Waals surface area contributed by atoms with Crippen LogP contribution in [0.15, 0.2) is 54.9 Å². The molecule has 2 aromatic heterocycles. The van der Waals surface area contributed by atoms with E-state index in [2.05, 4.69) is 10.3 Å². The van der Waals surface area contributed by atoms with Gasteiger partial charge in [0.1, 0.15) is 11.3 Å². The number of benzene rings is 1. The molecule has 0 saturated carbocycles. The Balaban J connectivity index is 1.85. The molecule has 0 spiro atoms. The van der Waals surface area contributed by atoms with Gasteiger partial charge in [-0.05, 0) is 37.0 Å². The standard InChI is InChI=1S/C19H21N3O2/c1-14-9-10-18-20-12-17(22(18)13-14)19(24)21-16(8-5-11-23)15-6-3-2-4-7-15/h2-4,6-7,9-10,12-13,16,23H,5,8,11H2,1H3,(H,21,24). The van der Waals surface area contributed by atoms with Gasteiger partial charge < -0.3 is 10.4 Å². The van der Waals surface area contributed by atoms with Crippen LogP contribution in [0.2, 0.25) is 0 Å². The molecule has 2 N–H and O–H groups in total. The topological polar surface area (TPSA) is 66.6 Å². The molecule has 3 rings (SSSR count). The number of imidazole rings is 1. The van der Waals surface area contributed by atoms with Crippen molar-refractivity contribution in [3.8, 4) is 0 Å². The number of nitrogens with one attached hydrogen (secondary N) is 1. The van der Waals surface area contributed by atoms with E-state index in [9.17, 15) is 4.79 Å². The molecule has 1 aromatic carbocycles. The number of aliphatic hydroxyl groups is 1. The Morgan fingerprint density at radius 1 is 1.25 bits per heavy atom. The predicted molar refractivity (Wildman–Crippen MR) is 92.9 cm³/mol. The highest BCUT2D eigenvalue weighted by atomic mass is 16.3. The third-order valence-electron chi connectivity index (χ3n) is 4.04. The maximum absolute atomic E-state index is 12.7. The van der Waals surface area contributed by atoms with E-state index in [1.54, 1.807) is 10.6 Å². The number of fused-ring (bicyclic) bond motifs is 1. The molecule has 124 valence electrons. The smallest absolute Gasteiger partial charge is 0.270 e. The Bertz CT molecular complexity index is 827. The highest BCUT2D eigenvalue weighted by molar-refractivity contribution is 5.93. The molecule has 0 aliphatic carbocycles. The summed E-state index contributed by atoms with van der Waals surface area (Å²) in [5.41, 5.74) is 3.36. The molecule has 0 aliphatic heterocycles. The van der Waals surface area contributed by atoms with Crippen LogP contribution in [0.25, 0.3) is 5.65 Å². The average Bonchev–Trinajstić information content (AvgIpc) is 3.02. The first-order chi connectivity index (χ1) is 11.7. The SMILES string of the molecule is Cc1ccc2ncc(C(=O)NC(CCCO)c3ccccc3)n2c1. The zero-order valence-corrected chi connectivity index (χ0v) is 13.6. The summed E-state index contributed by atoms with van der Waals surface area (Å²) in [6, 6.07) is 13.5. The highest BCUT2D eigenvalue weighted by Gasteiger charge is 2.18. The van der Waals surface area contributed by atoms with Gasteiger partial charge in [0, 0.05) is 12.8 Å². The maximum atomic E-state index is 12.7. The molecule has 1 amide bonds. The molecule has 3 aromatic rings. The Kier molecular flexibility index (Phi) is 4.91. The van der Waals surface area contributed by atoms with Crippen LogP contribution in [-0.2, 0) is 0 Å². The maximum Gasteiger partial charge on any atom is 0.270 e. The van der Waals surface area contributed by atoms with E-state index in [0.29, 0.717) is 18.5 Å². The van der Waals surface area contributed by atoms with Crippen molar-refractivity contribution in [1.82, 2.24) is 14.7 Å². The first-order valence-electron chi connectivity index (χ1n) is 8.09. The molecule has 5 nitrogen and oxygen atoms in total. The van der Waals surface area contributed by atoms with E-state index in [1.165, 1.54) is 0 Å². The highest BCUT2D eigenvalue weighted by Crippen LogP contribution is 2.19. The summed E-state index contributed by atoms with van der Waals surface area (Å²) in [6.07, 6.45) is 4.81. The van der Waals surface area contributed by atoms with Gasteiger partial charge in [-0.15, -0.1) is 0 Å². The zero-order chi connectivity index (χ0) is 16.9. The van der Waals surface area contributed by atoms with Gasteiger partial charge in [-0.3, -0.25) is 9.20 Å². The number of nitrogens with zero attached hydrogens (tertiary/aromatic N) is 2. The average molecular weight is 323 g/mol. The number of aromatic nitrogens is 2. The van der Waals surface area contributed by atoms with Crippen LogP contribution in [0.4, 0.5) is 0 Å². The molecular weight excluding hydrogens is 302 g/mol. The second-order valence-electron chi connectivity index (χ2n) is 5.88. The summed E-state index contributed by atoms with van der Waals surface area (Å²) < 4.78 is 1.80. The third kappa shape index (κ3) is 3.46. The summed E-state index contributed by atoms with van der Waals surface area (Å²) in [6.45, 7) is 2.09. The summed E-state index contributed by atoms with van der Waals surface area (Å²) in [4.78, 5) is 17.0. The van der Waals surface area contributed by atoms with E-state index in [4.69, 9.17) is 5.11 Å².